The molecule has 0 spiro atoms. The molecule has 1 aromatic rings. The van der Waals surface area contributed by atoms with Crippen molar-refractivity contribution in [3.8, 4) is 0 Å². The normalized spacial score (nSPS) is 19.2. The van der Waals surface area contributed by atoms with Gasteiger partial charge >= 0.3 is 0 Å². The van der Waals surface area contributed by atoms with E-state index in [-0.39, 0.29) is 12.7 Å². The van der Waals surface area contributed by atoms with Crippen LogP contribution in [-0.2, 0) is 0 Å². The van der Waals surface area contributed by atoms with Crippen LogP contribution in [0.3, 0.4) is 0 Å². The Labute approximate surface area is 107 Å². The highest BCUT2D eigenvalue weighted by Gasteiger charge is 2.21. The molecule has 94 valence electrons. The largest absolute Gasteiger partial charge is 0.314 e. The lowest BCUT2D eigenvalue weighted by Gasteiger charge is -2.34. The van der Waals surface area contributed by atoms with Gasteiger partial charge in [-0.3, -0.25) is 9.29 Å². The summed E-state index contributed by atoms with van der Waals surface area (Å²) < 4.78 is 12.7. The fourth-order valence-electron chi connectivity index (χ4n) is 2.34. The van der Waals surface area contributed by atoms with Crippen molar-refractivity contribution in [3.05, 3.63) is 34.9 Å². The first kappa shape index (κ1) is 12.8. The Hall–Kier alpha value is -0.640. The molecule has 1 aliphatic rings. The van der Waals surface area contributed by atoms with E-state index in [0.29, 0.717) is 6.42 Å². The summed E-state index contributed by atoms with van der Waals surface area (Å²) in [7, 11) is 0. The van der Waals surface area contributed by atoms with Crippen molar-refractivity contribution in [1.29, 1.82) is 0 Å². The van der Waals surface area contributed by atoms with Gasteiger partial charge in [-0.15, -0.1) is 0 Å². The predicted octanol–water partition coefficient (Wildman–Crippen LogP) is 2.65. The maximum Gasteiger partial charge on any atom is 0.0912 e. The van der Waals surface area contributed by atoms with Gasteiger partial charge in [0.15, 0.2) is 0 Å². The van der Waals surface area contributed by atoms with E-state index in [1.54, 1.807) is 0 Å². The van der Waals surface area contributed by atoms with E-state index in [1.807, 2.05) is 24.3 Å². The van der Waals surface area contributed by atoms with E-state index in [2.05, 4.69) is 10.2 Å². The summed E-state index contributed by atoms with van der Waals surface area (Å²) in [5, 5.41) is 4.05. The minimum Gasteiger partial charge on any atom is -0.314 e. The van der Waals surface area contributed by atoms with Crippen molar-refractivity contribution in [1.82, 2.24) is 10.2 Å². The predicted molar refractivity (Wildman–Crippen MR) is 69.2 cm³/mol. The summed E-state index contributed by atoms with van der Waals surface area (Å²) in [4.78, 5) is 2.35. The first-order valence-corrected chi connectivity index (χ1v) is 6.45. The zero-order chi connectivity index (χ0) is 12.1. The van der Waals surface area contributed by atoms with Crippen molar-refractivity contribution < 1.29 is 4.39 Å². The van der Waals surface area contributed by atoms with Gasteiger partial charge in [0.25, 0.3) is 0 Å². The summed E-state index contributed by atoms with van der Waals surface area (Å²) >= 11 is 5.88. The Bertz CT molecular complexity index is 336. The third-order valence-electron chi connectivity index (χ3n) is 3.23. The Morgan fingerprint density at radius 3 is 2.47 bits per heavy atom. The van der Waals surface area contributed by atoms with Crippen LogP contribution in [0, 0.1) is 0 Å². The molecule has 17 heavy (non-hydrogen) atoms. The monoisotopic (exact) mass is 256 g/mol. The zero-order valence-electron chi connectivity index (χ0n) is 9.83. The van der Waals surface area contributed by atoms with Crippen molar-refractivity contribution in [2.75, 3.05) is 32.9 Å². The lowest BCUT2D eigenvalue weighted by Crippen LogP contribution is -2.45. The molecule has 1 aliphatic heterocycles. The SMILES string of the molecule is FCC[C@H](c1ccc(Cl)cc1)N1CCNCC1. The second-order valence-electron chi connectivity index (χ2n) is 4.33. The quantitative estimate of drug-likeness (QED) is 0.891. The number of piperazine rings is 1. The van der Waals surface area contributed by atoms with Crippen LogP contribution in [0.2, 0.25) is 5.02 Å². The van der Waals surface area contributed by atoms with Crippen LogP contribution in [0.4, 0.5) is 4.39 Å². The molecule has 4 heteroatoms. The maximum absolute atomic E-state index is 12.7. The summed E-state index contributed by atoms with van der Waals surface area (Å²) in [5.74, 6) is 0. The van der Waals surface area contributed by atoms with Crippen LogP contribution < -0.4 is 5.32 Å². The van der Waals surface area contributed by atoms with Gasteiger partial charge in [-0.1, -0.05) is 23.7 Å². The third kappa shape index (κ3) is 3.41. The molecule has 0 radical (unpaired) electrons. The number of alkyl halides is 1. The average Bonchev–Trinajstić information content (AvgIpc) is 2.38. The zero-order valence-corrected chi connectivity index (χ0v) is 10.6. The minimum absolute atomic E-state index is 0.180. The molecule has 2 nitrogen and oxygen atoms in total. The molecule has 1 atom stereocenters. The van der Waals surface area contributed by atoms with E-state index < -0.39 is 0 Å². The van der Waals surface area contributed by atoms with Gasteiger partial charge in [-0.25, -0.2) is 0 Å². The van der Waals surface area contributed by atoms with Gasteiger partial charge in [0.2, 0.25) is 0 Å². The number of hydrogen-bond acceptors (Lipinski definition) is 2. The molecule has 2 rings (SSSR count). The molecule has 0 amide bonds. The number of nitrogens with zero attached hydrogens (tertiary/aromatic N) is 1. The second-order valence-corrected chi connectivity index (χ2v) is 4.77. The topological polar surface area (TPSA) is 15.3 Å². The molecule has 0 saturated carbocycles. The van der Waals surface area contributed by atoms with E-state index in [4.69, 9.17) is 11.6 Å². The van der Waals surface area contributed by atoms with E-state index in [0.717, 1.165) is 36.8 Å². The van der Waals surface area contributed by atoms with Crippen LogP contribution >= 0.6 is 11.6 Å². The summed E-state index contributed by atoms with van der Waals surface area (Å²) in [5.41, 5.74) is 1.16. The lowest BCUT2D eigenvalue weighted by atomic mass is 10.0. The fraction of sp³-hybridized carbons (Fsp3) is 0.538. The Morgan fingerprint density at radius 1 is 1.24 bits per heavy atom. The van der Waals surface area contributed by atoms with Crippen molar-refractivity contribution in [2.45, 2.75) is 12.5 Å². The molecular weight excluding hydrogens is 239 g/mol. The van der Waals surface area contributed by atoms with Gasteiger partial charge in [0.1, 0.15) is 0 Å². The van der Waals surface area contributed by atoms with Gasteiger partial charge in [-0.2, -0.15) is 0 Å². The fourth-order valence-corrected chi connectivity index (χ4v) is 2.47. The van der Waals surface area contributed by atoms with Gasteiger partial charge in [0.05, 0.1) is 6.67 Å². The molecule has 1 N–H and O–H groups in total. The molecule has 0 bridgehead atoms. The molecule has 1 fully saturated rings. The maximum atomic E-state index is 12.7. The molecule has 0 unspecified atom stereocenters. The molecule has 1 saturated heterocycles. The number of benzene rings is 1. The van der Waals surface area contributed by atoms with Gasteiger partial charge in [-0.05, 0) is 24.1 Å². The smallest absolute Gasteiger partial charge is 0.0912 e. The Balaban J connectivity index is 2.12. The highest BCUT2D eigenvalue weighted by atomic mass is 35.5. The summed E-state index contributed by atoms with van der Waals surface area (Å²) in [6.45, 7) is 3.64. The van der Waals surface area contributed by atoms with Crippen molar-refractivity contribution in [2.24, 2.45) is 0 Å². The van der Waals surface area contributed by atoms with Crippen molar-refractivity contribution in [3.63, 3.8) is 0 Å². The van der Waals surface area contributed by atoms with Gasteiger partial charge in [0, 0.05) is 37.2 Å². The van der Waals surface area contributed by atoms with Crippen LogP contribution in [-0.4, -0.2) is 37.8 Å². The first-order valence-electron chi connectivity index (χ1n) is 6.07. The second kappa shape index (κ2) is 6.34. The highest BCUT2D eigenvalue weighted by Crippen LogP contribution is 2.26. The van der Waals surface area contributed by atoms with E-state index in [1.165, 1.54) is 0 Å². The number of nitrogens with one attached hydrogen (secondary N) is 1. The number of halogens is 2. The van der Waals surface area contributed by atoms with Crippen LogP contribution in [0.1, 0.15) is 18.0 Å². The van der Waals surface area contributed by atoms with Crippen LogP contribution in [0.25, 0.3) is 0 Å². The molecule has 1 heterocycles. The minimum atomic E-state index is -0.281. The van der Waals surface area contributed by atoms with E-state index >= 15 is 0 Å². The molecule has 0 aromatic heterocycles. The Kier molecular flexibility index (Phi) is 4.77. The van der Waals surface area contributed by atoms with Crippen LogP contribution in [0.15, 0.2) is 24.3 Å². The number of rotatable bonds is 4. The molecule has 1 aromatic carbocycles. The van der Waals surface area contributed by atoms with E-state index in [9.17, 15) is 4.39 Å². The average molecular weight is 257 g/mol. The molecule has 0 aliphatic carbocycles. The van der Waals surface area contributed by atoms with Crippen LogP contribution in [0.5, 0.6) is 0 Å². The first-order chi connectivity index (χ1) is 8.31. The molecular formula is C13H18ClFN2. The highest BCUT2D eigenvalue weighted by molar-refractivity contribution is 6.30. The summed E-state index contributed by atoms with van der Waals surface area (Å²) in [6, 6.07) is 7.95. The lowest BCUT2D eigenvalue weighted by molar-refractivity contribution is 0.157. The summed E-state index contributed by atoms with van der Waals surface area (Å²) in [6.07, 6.45) is 0.557. The van der Waals surface area contributed by atoms with Gasteiger partial charge < -0.3 is 5.32 Å². The number of hydrogen-bond donors (Lipinski definition) is 1. The third-order valence-corrected chi connectivity index (χ3v) is 3.48. The standard InChI is InChI=1S/C13H18ClFN2/c14-12-3-1-11(2-4-12)13(5-6-15)17-9-7-16-8-10-17/h1-4,13,16H,5-10H2/t13-/m1/s1. The Morgan fingerprint density at radius 2 is 1.88 bits per heavy atom. The van der Waals surface area contributed by atoms with Crippen molar-refractivity contribution >= 4 is 11.6 Å².